The largest absolute Gasteiger partial charge is 0.497 e. The van der Waals surface area contributed by atoms with Crippen molar-refractivity contribution in [2.24, 2.45) is 0 Å². The van der Waals surface area contributed by atoms with Gasteiger partial charge >= 0.3 is 11.7 Å². The third-order valence-electron chi connectivity index (χ3n) is 3.33. The number of rotatable bonds is 3. The molecule has 0 aliphatic carbocycles. The van der Waals surface area contributed by atoms with Crippen LogP contribution >= 0.6 is 0 Å². The van der Waals surface area contributed by atoms with Crippen molar-refractivity contribution in [1.82, 2.24) is 4.57 Å². The molecule has 22 heavy (non-hydrogen) atoms. The number of benzene rings is 2. The lowest BCUT2D eigenvalue weighted by Gasteiger charge is -2.05. The third-order valence-corrected chi connectivity index (χ3v) is 3.33. The summed E-state index contributed by atoms with van der Waals surface area (Å²) < 4.78 is 16.4. The second-order valence-electron chi connectivity index (χ2n) is 4.58. The summed E-state index contributed by atoms with van der Waals surface area (Å²) in [5.41, 5.74) is 1.86. The lowest BCUT2D eigenvalue weighted by molar-refractivity contribution is 0.0601. The highest BCUT2D eigenvalue weighted by molar-refractivity contribution is 5.93. The van der Waals surface area contributed by atoms with E-state index in [1.165, 1.54) is 11.7 Å². The molecular weight excluding hydrogens is 286 g/mol. The highest BCUT2D eigenvalue weighted by Gasteiger charge is 2.14. The fraction of sp³-hybridized carbons (Fsp3) is 0.125. The first-order valence-corrected chi connectivity index (χ1v) is 6.52. The zero-order chi connectivity index (χ0) is 15.7. The summed E-state index contributed by atoms with van der Waals surface area (Å²) in [7, 11) is 2.87. The molecular formula is C16H13NO5. The Morgan fingerprint density at radius 2 is 1.82 bits per heavy atom. The monoisotopic (exact) mass is 299 g/mol. The lowest BCUT2D eigenvalue weighted by Crippen LogP contribution is -2.11. The number of hydrogen-bond acceptors (Lipinski definition) is 5. The molecule has 0 saturated heterocycles. The van der Waals surface area contributed by atoms with E-state index >= 15 is 0 Å². The molecule has 2 aromatic carbocycles. The number of esters is 1. The fourth-order valence-electron chi connectivity index (χ4n) is 2.24. The van der Waals surface area contributed by atoms with E-state index in [4.69, 9.17) is 13.9 Å². The molecule has 1 aromatic heterocycles. The second-order valence-corrected chi connectivity index (χ2v) is 4.58. The summed E-state index contributed by atoms with van der Waals surface area (Å²) in [4.78, 5) is 23.7. The minimum Gasteiger partial charge on any atom is -0.497 e. The number of aromatic nitrogens is 1. The van der Waals surface area contributed by atoms with E-state index in [1.807, 2.05) is 0 Å². The second kappa shape index (κ2) is 5.40. The molecule has 0 fully saturated rings. The smallest absolute Gasteiger partial charge is 0.424 e. The quantitative estimate of drug-likeness (QED) is 0.694. The molecule has 1 heterocycles. The number of nitrogens with zero attached hydrogens (tertiary/aromatic N) is 1. The third kappa shape index (κ3) is 2.24. The van der Waals surface area contributed by atoms with Crippen LogP contribution in [0.2, 0.25) is 0 Å². The molecule has 0 amide bonds. The standard InChI is InChI=1S/C16H13NO5/c1-20-12-6-4-11(5-7-12)17-13-9-10(15(18)21-2)3-8-14(13)22-16(17)19/h3-9H,1-2H3. The number of fused-ring (bicyclic) bond motifs is 1. The van der Waals surface area contributed by atoms with Gasteiger partial charge in [0.1, 0.15) is 5.75 Å². The van der Waals surface area contributed by atoms with Crippen LogP contribution in [0.25, 0.3) is 16.8 Å². The summed E-state index contributed by atoms with van der Waals surface area (Å²) in [5, 5.41) is 0. The number of carbonyl (C=O) groups is 1. The van der Waals surface area contributed by atoms with Gasteiger partial charge in [-0.2, -0.15) is 0 Å². The minimum absolute atomic E-state index is 0.345. The van der Waals surface area contributed by atoms with Crippen molar-refractivity contribution in [1.29, 1.82) is 0 Å². The summed E-state index contributed by atoms with van der Waals surface area (Å²) in [6, 6.07) is 11.6. The number of oxazole rings is 1. The van der Waals surface area contributed by atoms with Crippen LogP contribution in [0.5, 0.6) is 5.75 Å². The number of methoxy groups -OCH3 is 2. The van der Waals surface area contributed by atoms with E-state index in [9.17, 15) is 9.59 Å². The van der Waals surface area contributed by atoms with Gasteiger partial charge in [-0.25, -0.2) is 14.2 Å². The Labute approximate surface area is 125 Å². The Kier molecular flexibility index (Phi) is 3.42. The maximum absolute atomic E-state index is 12.1. The number of ether oxygens (including phenoxy) is 2. The van der Waals surface area contributed by atoms with Gasteiger partial charge in [0.25, 0.3) is 0 Å². The van der Waals surface area contributed by atoms with E-state index in [-0.39, 0.29) is 0 Å². The van der Waals surface area contributed by atoms with Crippen molar-refractivity contribution >= 4 is 17.1 Å². The summed E-state index contributed by atoms with van der Waals surface area (Å²) in [6.07, 6.45) is 0. The van der Waals surface area contributed by atoms with Gasteiger partial charge in [-0.1, -0.05) is 0 Å². The molecule has 3 aromatic rings. The van der Waals surface area contributed by atoms with Crippen LogP contribution in [0.15, 0.2) is 51.7 Å². The topological polar surface area (TPSA) is 70.7 Å². The van der Waals surface area contributed by atoms with Crippen LogP contribution in [0, 0.1) is 0 Å². The zero-order valence-corrected chi connectivity index (χ0v) is 12.0. The molecule has 0 N–H and O–H groups in total. The van der Waals surface area contributed by atoms with E-state index in [2.05, 4.69) is 0 Å². The average Bonchev–Trinajstić information content (AvgIpc) is 2.89. The molecule has 6 heteroatoms. The fourth-order valence-corrected chi connectivity index (χ4v) is 2.24. The van der Waals surface area contributed by atoms with Gasteiger partial charge in [-0.15, -0.1) is 0 Å². The highest BCUT2D eigenvalue weighted by atomic mass is 16.5. The van der Waals surface area contributed by atoms with Crippen molar-refractivity contribution in [3.8, 4) is 11.4 Å². The minimum atomic E-state index is -0.526. The van der Waals surface area contributed by atoms with Crippen molar-refractivity contribution in [3.05, 3.63) is 58.6 Å². The molecule has 6 nitrogen and oxygen atoms in total. The van der Waals surface area contributed by atoms with Gasteiger partial charge in [0.15, 0.2) is 5.58 Å². The molecule has 112 valence electrons. The van der Waals surface area contributed by atoms with Crippen molar-refractivity contribution in [2.45, 2.75) is 0 Å². The molecule has 0 aliphatic heterocycles. The van der Waals surface area contributed by atoms with Crippen molar-refractivity contribution in [3.63, 3.8) is 0 Å². The lowest BCUT2D eigenvalue weighted by atomic mass is 10.2. The van der Waals surface area contributed by atoms with E-state index in [0.717, 1.165) is 0 Å². The van der Waals surface area contributed by atoms with Crippen molar-refractivity contribution < 1.29 is 18.7 Å². The van der Waals surface area contributed by atoms with E-state index < -0.39 is 11.7 Å². The Balaban J connectivity index is 2.20. The molecule has 0 spiro atoms. The number of carbonyl (C=O) groups excluding carboxylic acids is 1. The van der Waals surface area contributed by atoms with Crippen LogP contribution in [0.3, 0.4) is 0 Å². The van der Waals surface area contributed by atoms with Gasteiger partial charge in [0, 0.05) is 0 Å². The average molecular weight is 299 g/mol. The molecule has 0 bridgehead atoms. The van der Waals surface area contributed by atoms with E-state index in [1.54, 1.807) is 49.6 Å². The highest BCUT2D eigenvalue weighted by Crippen LogP contribution is 2.21. The number of hydrogen-bond donors (Lipinski definition) is 0. The van der Waals surface area contributed by atoms with Gasteiger partial charge in [0.05, 0.1) is 31.0 Å². The van der Waals surface area contributed by atoms with Crippen LogP contribution in [0.4, 0.5) is 0 Å². The first kappa shape index (κ1) is 13.9. The molecule has 0 radical (unpaired) electrons. The normalized spacial score (nSPS) is 10.6. The van der Waals surface area contributed by atoms with Gasteiger partial charge in [-0.05, 0) is 42.5 Å². The predicted molar refractivity (Wildman–Crippen MR) is 79.7 cm³/mol. The summed E-state index contributed by atoms with van der Waals surface area (Å²) in [6.45, 7) is 0. The van der Waals surface area contributed by atoms with E-state index in [0.29, 0.717) is 28.1 Å². The molecule has 0 atom stereocenters. The summed E-state index contributed by atoms with van der Waals surface area (Å²) >= 11 is 0. The van der Waals surface area contributed by atoms with Crippen LogP contribution in [-0.4, -0.2) is 24.8 Å². The molecule has 0 aliphatic rings. The van der Waals surface area contributed by atoms with Gasteiger partial charge in [-0.3, -0.25) is 0 Å². The first-order valence-electron chi connectivity index (χ1n) is 6.52. The first-order chi connectivity index (χ1) is 10.6. The van der Waals surface area contributed by atoms with Gasteiger partial charge < -0.3 is 13.9 Å². The molecule has 0 unspecified atom stereocenters. The maximum atomic E-state index is 12.1. The SMILES string of the molecule is COC(=O)c1ccc2oc(=O)n(-c3ccc(OC)cc3)c2c1. The molecule has 0 saturated carbocycles. The molecule has 3 rings (SSSR count). The summed E-state index contributed by atoms with van der Waals surface area (Å²) in [5.74, 6) is -0.320. The van der Waals surface area contributed by atoms with Gasteiger partial charge in [0.2, 0.25) is 0 Å². The van der Waals surface area contributed by atoms with Crippen LogP contribution < -0.4 is 10.5 Å². The predicted octanol–water partition coefficient (Wildman–Crippen LogP) is 2.38. The van der Waals surface area contributed by atoms with Crippen LogP contribution in [0.1, 0.15) is 10.4 Å². The zero-order valence-electron chi connectivity index (χ0n) is 12.0. The maximum Gasteiger partial charge on any atom is 0.424 e. The Morgan fingerprint density at radius 1 is 1.09 bits per heavy atom. The Hall–Kier alpha value is -3.02. The Morgan fingerprint density at radius 3 is 2.45 bits per heavy atom. The Bertz CT molecular complexity index is 889. The van der Waals surface area contributed by atoms with Crippen molar-refractivity contribution in [2.75, 3.05) is 14.2 Å². The van der Waals surface area contributed by atoms with Crippen LogP contribution in [-0.2, 0) is 4.74 Å².